The molecule has 0 aliphatic heterocycles. The van der Waals surface area contributed by atoms with E-state index in [1.54, 1.807) is 0 Å². The molecular weight excluding hydrogens is 266 g/mol. The molecule has 5 nitrogen and oxygen atoms in total. The fourth-order valence-electron chi connectivity index (χ4n) is 2.05. The van der Waals surface area contributed by atoms with Crippen molar-refractivity contribution in [2.45, 2.75) is 46.1 Å². The van der Waals surface area contributed by atoms with Gasteiger partial charge in [-0.1, -0.05) is 46.2 Å². The molecule has 1 aromatic rings. The second-order valence-electron chi connectivity index (χ2n) is 5.64. The lowest BCUT2D eigenvalue weighted by Gasteiger charge is -2.22. The molecule has 2 atom stereocenters. The Bertz CT molecular complexity index is 500. The number of anilines is 1. The number of primary amides is 1. The summed E-state index contributed by atoms with van der Waals surface area (Å²) in [4.78, 5) is 23.4. The Balaban J connectivity index is 2.85. The highest BCUT2D eigenvalue weighted by molar-refractivity contribution is 5.97. The van der Waals surface area contributed by atoms with E-state index in [1.807, 2.05) is 38.1 Å². The van der Waals surface area contributed by atoms with Crippen molar-refractivity contribution in [1.29, 1.82) is 0 Å². The summed E-state index contributed by atoms with van der Waals surface area (Å²) in [5.74, 6) is 0.144. The van der Waals surface area contributed by atoms with Gasteiger partial charge >= 0.3 is 6.03 Å². The van der Waals surface area contributed by atoms with Crippen LogP contribution in [-0.2, 0) is 4.79 Å². The predicted molar refractivity (Wildman–Crippen MR) is 85.1 cm³/mol. The third-order valence-electron chi connectivity index (χ3n) is 3.61. The van der Waals surface area contributed by atoms with Crippen LogP contribution in [0.3, 0.4) is 0 Å². The van der Waals surface area contributed by atoms with E-state index in [4.69, 9.17) is 5.73 Å². The van der Waals surface area contributed by atoms with Gasteiger partial charge in [0, 0.05) is 5.69 Å². The summed E-state index contributed by atoms with van der Waals surface area (Å²) in [7, 11) is 0. The first-order valence-corrected chi connectivity index (χ1v) is 7.32. The van der Waals surface area contributed by atoms with Crippen molar-refractivity contribution in [3.63, 3.8) is 0 Å². The minimum absolute atomic E-state index is 0.00535. The number of rotatable bonds is 6. The topological polar surface area (TPSA) is 84.2 Å². The van der Waals surface area contributed by atoms with Crippen molar-refractivity contribution < 1.29 is 9.59 Å². The molecule has 0 saturated carbocycles. The van der Waals surface area contributed by atoms with E-state index < -0.39 is 12.1 Å². The zero-order valence-corrected chi connectivity index (χ0v) is 13.1. The van der Waals surface area contributed by atoms with E-state index in [1.165, 1.54) is 0 Å². The summed E-state index contributed by atoms with van der Waals surface area (Å²) in [6.07, 6.45) is 0.768. The molecule has 116 valence electrons. The van der Waals surface area contributed by atoms with E-state index in [2.05, 4.69) is 24.5 Å². The number of nitrogens with two attached hydrogens (primary N) is 1. The molecule has 4 N–H and O–H groups in total. The second-order valence-corrected chi connectivity index (χ2v) is 5.64. The average molecular weight is 291 g/mol. The molecule has 0 heterocycles. The van der Waals surface area contributed by atoms with Crippen molar-refractivity contribution in [1.82, 2.24) is 5.32 Å². The van der Waals surface area contributed by atoms with Crippen LogP contribution in [0.15, 0.2) is 24.3 Å². The lowest BCUT2D eigenvalue weighted by molar-refractivity contribution is -0.119. The van der Waals surface area contributed by atoms with Crippen LogP contribution in [0, 0.1) is 5.92 Å². The summed E-state index contributed by atoms with van der Waals surface area (Å²) in [6, 6.07) is 6.39. The normalized spacial score (nSPS) is 13.6. The molecule has 5 heteroatoms. The van der Waals surface area contributed by atoms with Crippen molar-refractivity contribution in [3.05, 3.63) is 29.8 Å². The van der Waals surface area contributed by atoms with Crippen LogP contribution in [-0.4, -0.2) is 18.0 Å². The van der Waals surface area contributed by atoms with Crippen LogP contribution >= 0.6 is 0 Å². The standard InChI is InChI=1S/C16H25N3O2/c1-5-11(4)14(19-16(17)21)15(20)18-13-8-6-7-12(9-13)10(2)3/h6-11,14H,5H2,1-4H3,(H,18,20)(H3,17,19,21)/t11-,14-/m0/s1. The van der Waals surface area contributed by atoms with Gasteiger partial charge in [-0.3, -0.25) is 4.79 Å². The van der Waals surface area contributed by atoms with Gasteiger partial charge in [-0.25, -0.2) is 4.79 Å². The van der Waals surface area contributed by atoms with Gasteiger partial charge in [0.15, 0.2) is 0 Å². The minimum Gasteiger partial charge on any atom is -0.352 e. The van der Waals surface area contributed by atoms with Gasteiger partial charge in [-0.15, -0.1) is 0 Å². The minimum atomic E-state index is -0.689. The fourth-order valence-corrected chi connectivity index (χ4v) is 2.05. The highest BCUT2D eigenvalue weighted by Crippen LogP contribution is 2.19. The molecule has 0 aromatic heterocycles. The van der Waals surface area contributed by atoms with Crippen LogP contribution in [0.2, 0.25) is 0 Å². The summed E-state index contributed by atoms with van der Waals surface area (Å²) in [5.41, 5.74) is 7.03. The number of urea groups is 1. The monoisotopic (exact) mass is 291 g/mol. The molecule has 0 radical (unpaired) electrons. The highest BCUT2D eigenvalue weighted by atomic mass is 16.2. The van der Waals surface area contributed by atoms with Gasteiger partial charge in [-0.05, 0) is 29.5 Å². The van der Waals surface area contributed by atoms with Crippen LogP contribution in [0.4, 0.5) is 10.5 Å². The van der Waals surface area contributed by atoms with Crippen molar-refractivity contribution in [2.24, 2.45) is 11.7 Å². The molecular formula is C16H25N3O2. The number of carbonyl (C=O) groups is 2. The van der Waals surface area contributed by atoms with Crippen LogP contribution in [0.1, 0.15) is 45.6 Å². The summed E-state index contributed by atoms with van der Waals surface area (Å²) in [5, 5.41) is 5.36. The largest absolute Gasteiger partial charge is 0.352 e. The SMILES string of the molecule is CC[C@H](C)[C@H](NC(N)=O)C(=O)Nc1cccc(C(C)C)c1. The van der Waals surface area contributed by atoms with E-state index in [0.717, 1.165) is 17.7 Å². The Hall–Kier alpha value is -2.04. The molecule has 1 rings (SSSR count). The fraction of sp³-hybridized carbons (Fsp3) is 0.500. The Kier molecular flexibility index (Phi) is 6.21. The number of hydrogen-bond donors (Lipinski definition) is 3. The Labute approximate surface area is 126 Å². The maximum Gasteiger partial charge on any atom is 0.312 e. The van der Waals surface area contributed by atoms with Gasteiger partial charge in [0.25, 0.3) is 0 Å². The van der Waals surface area contributed by atoms with Crippen molar-refractivity contribution >= 4 is 17.6 Å². The van der Waals surface area contributed by atoms with Gasteiger partial charge in [0.2, 0.25) is 5.91 Å². The van der Waals surface area contributed by atoms with Gasteiger partial charge in [0.1, 0.15) is 6.04 Å². The quantitative estimate of drug-likeness (QED) is 0.753. The van der Waals surface area contributed by atoms with Crippen LogP contribution in [0.25, 0.3) is 0 Å². The Morgan fingerprint density at radius 3 is 2.43 bits per heavy atom. The molecule has 0 fully saturated rings. The summed E-state index contributed by atoms with van der Waals surface area (Å²) in [6.45, 7) is 8.06. The van der Waals surface area contributed by atoms with Crippen LogP contribution < -0.4 is 16.4 Å². The van der Waals surface area contributed by atoms with Gasteiger partial charge in [0.05, 0.1) is 0 Å². The van der Waals surface area contributed by atoms with Gasteiger partial charge < -0.3 is 16.4 Å². The first kappa shape index (κ1) is 17.0. The Morgan fingerprint density at radius 2 is 1.90 bits per heavy atom. The molecule has 0 aliphatic carbocycles. The number of amides is 3. The first-order valence-electron chi connectivity index (χ1n) is 7.32. The number of benzene rings is 1. The average Bonchev–Trinajstić information content (AvgIpc) is 2.43. The van der Waals surface area contributed by atoms with E-state index in [9.17, 15) is 9.59 Å². The third kappa shape index (κ3) is 5.10. The maximum absolute atomic E-state index is 12.3. The maximum atomic E-state index is 12.3. The molecule has 0 spiro atoms. The highest BCUT2D eigenvalue weighted by Gasteiger charge is 2.25. The number of carbonyl (C=O) groups excluding carboxylic acids is 2. The van der Waals surface area contributed by atoms with Crippen LogP contribution in [0.5, 0.6) is 0 Å². The molecule has 1 aromatic carbocycles. The van der Waals surface area contributed by atoms with E-state index in [-0.39, 0.29) is 11.8 Å². The smallest absolute Gasteiger partial charge is 0.312 e. The molecule has 21 heavy (non-hydrogen) atoms. The van der Waals surface area contributed by atoms with E-state index >= 15 is 0 Å². The molecule has 0 unspecified atom stereocenters. The summed E-state index contributed by atoms with van der Waals surface area (Å²) >= 11 is 0. The molecule has 3 amide bonds. The third-order valence-corrected chi connectivity index (χ3v) is 3.61. The second kappa shape index (κ2) is 7.67. The lowest BCUT2D eigenvalue weighted by Crippen LogP contribution is -2.49. The van der Waals surface area contributed by atoms with Crippen molar-refractivity contribution in [2.75, 3.05) is 5.32 Å². The van der Waals surface area contributed by atoms with E-state index in [0.29, 0.717) is 5.92 Å². The number of hydrogen-bond acceptors (Lipinski definition) is 2. The van der Waals surface area contributed by atoms with Gasteiger partial charge in [-0.2, -0.15) is 0 Å². The van der Waals surface area contributed by atoms with Crippen molar-refractivity contribution in [3.8, 4) is 0 Å². The zero-order valence-electron chi connectivity index (χ0n) is 13.1. The first-order chi connectivity index (χ1) is 9.85. The molecule has 0 saturated heterocycles. The Morgan fingerprint density at radius 1 is 1.24 bits per heavy atom. The zero-order chi connectivity index (χ0) is 16.0. The lowest BCUT2D eigenvalue weighted by atomic mass is 9.98. The number of nitrogens with one attached hydrogen (secondary N) is 2. The molecule has 0 bridgehead atoms. The predicted octanol–water partition coefficient (Wildman–Crippen LogP) is 2.83. The molecule has 0 aliphatic rings. The summed E-state index contributed by atoms with van der Waals surface area (Å²) < 4.78 is 0.